The number of ketones is 1. The fourth-order valence-electron chi connectivity index (χ4n) is 1.66. The lowest BCUT2D eigenvalue weighted by molar-refractivity contribution is -0.137. The van der Waals surface area contributed by atoms with Crippen molar-refractivity contribution in [2.45, 2.75) is 13.1 Å². The van der Waals surface area contributed by atoms with Gasteiger partial charge in [0.05, 0.1) is 14.8 Å². The first-order valence-corrected chi connectivity index (χ1v) is 6.46. The lowest BCUT2D eigenvalue weighted by Gasteiger charge is -2.09. The smallest absolute Gasteiger partial charge is 0.288 e. The first-order chi connectivity index (χ1) is 8.79. The van der Waals surface area contributed by atoms with E-state index in [9.17, 15) is 18.0 Å². The molecule has 1 aromatic carbocycles. The molecule has 0 spiro atoms. The Hall–Kier alpha value is -1.33. The average Bonchev–Trinajstić information content (AvgIpc) is 2.73. The van der Waals surface area contributed by atoms with Crippen molar-refractivity contribution >= 4 is 28.7 Å². The molecule has 0 unspecified atom stereocenters. The fourth-order valence-corrected chi connectivity index (χ4v) is 2.66. The highest BCUT2D eigenvalue weighted by molar-refractivity contribution is 7.18. The lowest BCUT2D eigenvalue weighted by atomic mass is 10.0. The molecule has 1 heterocycles. The van der Waals surface area contributed by atoms with Crippen LogP contribution in [-0.4, -0.2) is 5.78 Å². The Bertz CT molecular complexity index is 631. The summed E-state index contributed by atoms with van der Waals surface area (Å²) in [6, 6.07) is 6.23. The Balaban J connectivity index is 2.39. The molecule has 19 heavy (non-hydrogen) atoms. The molecule has 0 radical (unpaired) electrons. The van der Waals surface area contributed by atoms with Crippen molar-refractivity contribution in [1.82, 2.24) is 0 Å². The van der Waals surface area contributed by atoms with Gasteiger partial charge in [-0.3, -0.25) is 4.79 Å². The predicted octanol–water partition coefficient (Wildman–Crippen LogP) is 4.96. The summed E-state index contributed by atoms with van der Waals surface area (Å²) < 4.78 is 38.0. The van der Waals surface area contributed by atoms with Gasteiger partial charge in [-0.15, -0.1) is 11.3 Å². The van der Waals surface area contributed by atoms with E-state index in [4.69, 9.17) is 11.6 Å². The molecule has 0 saturated heterocycles. The molecular weight excluding hydrogens is 297 g/mol. The Kier molecular flexibility index (Phi) is 3.69. The standard InChI is InChI=1S/C13H8ClF3OS/c1-7-6-8(13(15,16)17)2-3-9(7)12(18)10-4-5-11(14)19-10/h2-6H,1H3. The van der Waals surface area contributed by atoms with Crippen LogP contribution in [0.4, 0.5) is 13.2 Å². The summed E-state index contributed by atoms with van der Waals surface area (Å²) in [5, 5.41) is 0. The van der Waals surface area contributed by atoms with Crippen LogP contribution in [0.2, 0.25) is 4.34 Å². The molecule has 0 amide bonds. The van der Waals surface area contributed by atoms with Gasteiger partial charge >= 0.3 is 6.18 Å². The third-order valence-electron chi connectivity index (χ3n) is 2.60. The van der Waals surface area contributed by atoms with Gasteiger partial charge in [0.15, 0.2) is 0 Å². The van der Waals surface area contributed by atoms with Gasteiger partial charge in [0.2, 0.25) is 5.78 Å². The normalized spacial score (nSPS) is 11.6. The summed E-state index contributed by atoms with van der Waals surface area (Å²) in [7, 11) is 0. The molecule has 6 heteroatoms. The number of hydrogen-bond donors (Lipinski definition) is 0. The van der Waals surface area contributed by atoms with Crippen molar-refractivity contribution < 1.29 is 18.0 Å². The number of thiophene rings is 1. The van der Waals surface area contributed by atoms with Crippen LogP contribution in [0.3, 0.4) is 0 Å². The minimum Gasteiger partial charge on any atom is -0.288 e. The molecule has 100 valence electrons. The van der Waals surface area contributed by atoms with Crippen molar-refractivity contribution in [3.05, 3.63) is 56.2 Å². The number of carbonyl (C=O) groups is 1. The van der Waals surface area contributed by atoms with Crippen LogP contribution in [-0.2, 0) is 6.18 Å². The lowest BCUT2D eigenvalue weighted by Crippen LogP contribution is -2.08. The summed E-state index contributed by atoms with van der Waals surface area (Å²) in [6.07, 6.45) is -4.40. The highest BCUT2D eigenvalue weighted by atomic mass is 35.5. The number of alkyl halides is 3. The van der Waals surface area contributed by atoms with E-state index in [2.05, 4.69) is 0 Å². The summed E-state index contributed by atoms with van der Waals surface area (Å²) in [5.74, 6) is -0.317. The van der Waals surface area contributed by atoms with E-state index in [1.807, 2.05) is 0 Å². The van der Waals surface area contributed by atoms with Crippen LogP contribution in [0.25, 0.3) is 0 Å². The molecular formula is C13H8ClF3OS. The molecule has 0 N–H and O–H groups in total. The highest BCUT2D eigenvalue weighted by Crippen LogP contribution is 2.31. The molecule has 0 bridgehead atoms. The molecule has 0 atom stereocenters. The maximum absolute atomic E-state index is 12.5. The van der Waals surface area contributed by atoms with Crippen LogP contribution >= 0.6 is 22.9 Å². The van der Waals surface area contributed by atoms with Gasteiger partial charge in [0.25, 0.3) is 0 Å². The number of hydrogen-bond acceptors (Lipinski definition) is 2. The van der Waals surface area contributed by atoms with Crippen molar-refractivity contribution in [2.75, 3.05) is 0 Å². The molecule has 1 aromatic heterocycles. The molecule has 0 fully saturated rings. The van der Waals surface area contributed by atoms with Crippen LogP contribution in [0.15, 0.2) is 30.3 Å². The maximum Gasteiger partial charge on any atom is 0.416 e. The largest absolute Gasteiger partial charge is 0.416 e. The minimum absolute atomic E-state index is 0.256. The minimum atomic E-state index is -4.40. The second kappa shape index (κ2) is 4.98. The Morgan fingerprint density at radius 2 is 1.89 bits per heavy atom. The van der Waals surface area contributed by atoms with Crippen LogP contribution < -0.4 is 0 Å². The van der Waals surface area contributed by atoms with Gasteiger partial charge in [-0.1, -0.05) is 17.7 Å². The van der Waals surface area contributed by atoms with E-state index < -0.39 is 11.7 Å². The third kappa shape index (κ3) is 2.98. The van der Waals surface area contributed by atoms with Gasteiger partial charge < -0.3 is 0 Å². The van der Waals surface area contributed by atoms with E-state index in [1.165, 1.54) is 13.0 Å². The number of rotatable bonds is 2. The Labute approximate surface area is 116 Å². The molecule has 0 aliphatic carbocycles. The first-order valence-electron chi connectivity index (χ1n) is 5.27. The maximum atomic E-state index is 12.5. The van der Waals surface area contributed by atoms with Crippen molar-refractivity contribution in [2.24, 2.45) is 0 Å². The monoisotopic (exact) mass is 304 g/mol. The number of halogens is 4. The quantitative estimate of drug-likeness (QED) is 0.717. The van der Waals surface area contributed by atoms with Crippen LogP contribution in [0.1, 0.15) is 26.4 Å². The van der Waals surface area contributed by atoms with E-state index in [-0.39, 0.29) is 11.3 Å². The zero-order chi connectivity index (χ0) is 14.2. The van der Waals surface area contributed by atoms with E-state index in [0.717, 1.165) is 23.5 Å². The molecule has 1 nitrogen and oxygen atoms in total. The van der Waals surface area contributed by atoms with Gasteiger partial charge in [0, 0.05) is 5.56 Å². The Morgan fingerprint density at radius 3 is 2.37 bits per heavy atom. The van der Waals surface area contributed by atoms with Gasteiger partial charge in [-0.25, -0.2) is 0 Å². The molecule has 0 saturated carbocycles. The van der Waals surface area contributed by atoms with Gasteiger partial charge in [-0.2, -0.15) is 13.2 Å². The SMILES string of the molecule is Cc1cc(C(F)(F)F)ccc1C(=O)c1ccc(Cl)s1. The number of benzene rings is 1. The molecule has 0 aliphatic heterocycles. The molecule has 2 rings (SSSR count). The summed E-state index contributed by atoms with van der Waals surface area (Å²) in [5.41, 5.74) is -0.207. The second-order valence-corrected chi connectivity index (χ2v) is 5.68. The van der Waals surface area contributed by atoms with E-state index >= 15 is 0 Å². The molecule has 2 aromatic rings. The number of aryl methyl sites for hydroxylation is 1. The summed E-state index contributed by atoms with van der Waals surface area (Å²) in [4.78, 5) is 12.5. The van der Waals surface area contributed by atoms with E-state index in [1.54, 1.807) is 12.1 Å². The molecule has 0 aliphatic rings. The third-order valence-corrected chi connectivity index (χ3v) is 3.83. The van der Waals surface area contributed by atoms with Crippen molar-refractivity contribution in [1.29, 1.82) is 0 Å². The Morgan fingerprint density at radius 1 is 1.21 bits per heavy atom. The average molecular weight is 305 g/mol. The summed E-state index contributed by atoms with van der Waals surface area (Å²) >= 11 is 6.84. The first kappa shape index (κ1) is 14.1. The summed E-state index contributed by atoms with van der Waals surface area (Å²) in [6.45, 7) is 1.48. The fraction of sp³-hybridized carbons (Fsp3) is 0.154. The highest BCUT2D eigenvalue weighted by Gasteiger charge is 2.31. The topological polar surface area (TPSA) is 17.1 Å². The predicted molar refractivity (Wildman–Crippen MR) is 68.9 cm³/mol. The zero-order valence-electron chi connectivity index (χ0n) is 9.72. The van der Waals surface area contributed by atoms with Crippen LogP contribution in [0.5, 0.6) is 0 Å². The van der Waals surface area contributed by atoms with Crippen molar-refractivity contribution in [3.63, 3.8) is 0 Å². The van der Waals surface area contributed by atoms with Gasteiger partial charge in [-0.05, 0) is 36.8 Å². The second-order valence-electron chi connectivity index (χ2n) is 3.96. The van der Waals surface area contributed by atoms with Gasteiger partial charge in [0.1, 0.15) is 0 Å². The van der Waals surface area contributed by atoms with Crippen LogP contribution in [0, 0.1) is 6.92 Å². The zero-order valence-corrected chi connectivity index (χ0v) is 11.3. The van der Waals surface area contributed by atoms with E-state index in [0.29, 0.717) is 14.8 Å². The number of carbonyl (C=O) groups excluding carboxylic acids is 1. The van der Waals surface area contributed by atoms with Crippen molar-refractivity contribution in [3.8, 4) is 0 Å².